The molecule has 0 aliphatic carbocycles. The molecule has 276 valence electrons. The maximum absolute atomic E-state index is 12.4. The molecule has 0 bridgehead atoms. The maximum atomic E-state index is 12.4. The van der Waals surface area contributed by atoms with E-state index >= 15 is 0 Å². The van der Waals surface area contributed by atoms with Crippen molar-refractivity contribution in [1.29, 1.82) is 0 Å². The molecule has 0 fully saturated rings. The van der Waals surface area contributed by atoms with E-state index in [0.717, 1.165) is 77.7 Å². The first-order valence-electron chi connectivity index (χ1n) is 19.0. The smallest absolute Gasteiger partial charge is 0.462 e. The summed E-state index contributed by atoms with van der Waals surface area (Å²) in [5.41, 5.74) is 0. The van der Waals surface area contributed by atoms with Crippen LogP contribution in [-0.2, 0) is 32.7 Å². The van der Waals surface area contributed by atoms with Gasteiger partial charge in [0.05, 0.1) is 6.61 Å². The molecule has 0 amide bonds. The summed E-state index contributed by atoms with van der Waals surface area (Å²) in [6.45, 7) is 3.82. The highest BCUT2D eigenvalue weighted by atomic mass is 31.2. The average molecular weight is 687 g/mol. The van der Waals surface area contributed by atoms with Gasteiger partial charge < -0.3 is 14.4 Å². The van der Waals surface area contributed by atoms with Gasteiger partial charge in [0.25, 0.3) is 0 Å². The van der Waals surface area contributed by atoms with E-state index in [2.05, 4.69) is 42.7 Å². The number of hydrogen-bond donors (Lipinski definition) is 1. The van der Waals surface area contributed by atoms with Crippen molar-refractivity contribution in [2.75, 3.05) is 20.3 Å². The van der Waals surface area contributed by atoms with E-state index in [-0.39, 0.29) is 25.4 Å². The number of hydrogen-bond acceptors (Lipinski definition) is 7. The lowest BCUT2D eigenvalue weighted by Crippen LogP contribution is -2.29. The molecular formula is C38H71O8P. The van der Waals surface area contributed by atoms with E-state index in [1.165, 1.54) is 77.0 Å². The first kappa shape index (κ1) is 45.5. The second kappa shape index (κ2) is 34.4. The van der Waals surface area contributed by atoms with E-state index in [1.54, 1.807) is 0 Å². The van der Waals surface area contributed by atoms with E-state index < -0.39 is 26.5 Å². The van der Waals surface area contributed by atoms with Gasteiger partial charge in [-0.3, -0.25) is 18.6 Å². The van der Waals surface area contributed by atoms with Gasteiger partial charge in [-0.15, -0.1) is 0 Å². The van der Waals surface area contributed by atoms with Gasteiger partial charge in [0.2, 0.25) is 0 Å². The van der Waals surface area contributed by atoms with E-state index in [1.807, 2.05) is 0 Å². The molecule has 9 heteroatoms. The first-order chi connectivity index (χ1) is 22.8. The molecule has 0 aliphatic rings. The second-order valence-corrected chi connectivity index (χ2v) is 14.3. The molecular weight excluding hydrogens is 615 g/mol. The number of ether oxygens (including phenoxy) is 2. The minimum atomic E-state index is -4.25. The number of esters is 2. The minimum Gasteiger partial charge on any atom is -0.462 e. The number of unbranched alkanes of at least 4 members (excludes halogenated alkanes) is 20. The summed E-state index contributed by atoms with van der Waals surface area (Å²) in [6.07, 6.45) is 36.6. The van der Waals surface area contributed by atoms with Crippen molar-refractivity contribution < 1.29 is 37.6 Å². The molecule has 0 radical (unpaired) electrons. The van der Waals surface area contributed by atoms with Gasteiger partial charge in [-0.05, 0) is 57.8 Å². The summed E-state index contributed by atoms with van der Waals surface area (Å²) in [5.74, 6) is -0.819. The zero-order valence-corrected chi connectivity index (χ0v) is 31.3. The van der Waals surface area contributed by atoms with Crippen LogP contribution in [0.4, 0.5) is 0 Å². The number of rotatable bonds is 35. The van der Waals surface area contributed by atoms with Gasteiger partial charge in [-0.1, -0.05) is 134 Å². The zero-order valence-electron chi connectivity index (χ0n) is 30.4. The highest BCUT2D eigenvalue weighted by Gasteiger charge is 2.24. The van der Waals surface area contributed by atoms with Crippen LogP contribution < -0.4 is 0 Å². The normalized spacial score (nSPS) is 13.7. The Kier molecular flexibility index (Phi) is 33.3. The van der Waals surface area contributed by atoms with Crippen LogP contribution in [0, 0.1) is 0 Å². The molecule has 0 rings (SSSR count). The summed E-state index contributed by atoms with van der Waals surface area (Å²) in [7, 11) is -3.20. The van der Waals surface area contributed by atoms with Crippen LogP contribution >= 0.6 is 7.82 Å². The predicted molar refractivity (Wildman–Crippen MR) is 193 cm³/mol. The molecule has 1 N–H and O–H groups in total. The van der Waals surface area contributed by atoms with Crippen molar-refractivity contribution in [2.24, 2.45) is 0 Å². The maximum Gasteiger partial charge on any atom is 0.472 e. The summed E-state index contributed by atoms with van der Waals surface area (Å²) in [5, 5.41) is 0. The lowest BCUT2D eigenvalue weighted by molar-refractivity contribution is -0.161. The lowest BCUT2D eigenvalue weighted by atomic mass is 10.1. The van der Waals surface area contributed by atoms with Crippen LogP contribution in [0.5, 0.6) is 0 Å². The Hall–Kier alpha value is -1.47. The van der Waals surface area contributed by atoms with Crippen LogP contribution in [0.25, 0.3) is 0 Å². The van der Waals surface area contributed by atoms with Gasteiger partial charge in [0, 0.05) is 20.0 Å². The third-order valence-electron chi connectivity index (χ3n) is 8.17. The van der Waals surface area contributed by atoms with Crippen LogP contribution in [0.3, 0.4) is 0 Å². The summed E-state index contributed by atoms with van der Waals surface area (Å²) in [4.78, 5) is 34.3. The third-order valence-corrected chi connectivity index (χ3v) is 9.10. The van der Waals surface area contributed by atoms with Crippen LogP contribution in [-0.4, -0.2) is 43.3 Å². The Morgan fingerprint density at radius 1 is 0.574 bits per heavy atom. The number of phosphoric acid groups is 1. The first-order valence-corrected chi connectivity index (χ1v) is 20.5. The predicted octanol–water partition coefficient (Wildman–Crippen LogP) is 11.5. The van der Waals surface area contributed by atoms with Crippen LogP contribution in [0.1, 0.15) is 181 Å². The quantitative estimate of drug-likeness (QED) is 0.0304. The number of phosphoric ester groups is 1. The van der Waals surface area contributed by atoms with Crippen molar-refractivity contribution in [3.8, 4) is 0 Å². The Morgan fingerprint density at radius 3 is 1.45 bits per heavy atom. The lowest BCUT2D eigenvalue weighted by Gasteiger charge is -2.19. The largest absolute Gasteiger partial charge is 0.472 e. The zero-order chi connectivity index (χ0) is 34.7. The molecule has 0 aliphatic heterocycles. The Bertz CT molecular complexity index is 829. The highest BCUT2D eigenvalue weighted by molar-refractivity contribution is 7.47. The van der Waals surface area contributed by atoms with E-state index in [4.69, 9.17) is 14.0 Å². The van der Waals surface area contributed by atoms with E-state index in [0.29, 0.717) is 6.42 Å². The molecule has 0 aromatic carbocycles. The fourth-order valence-electron chi connectivity index (χ4n) is 5.16. The number of allylic oxidation sites excluding steroid dienone is 4. The summed E-state index contributed by atoms with van der Waals surface area (Å²) >= 11 is 0. The Balaban J connectivity index is 4.05. The summed E-state index contributed by atoms with van der Waals surface area (Å²) in [6, 6.07) is 0. The fraction of sp³-hybridized carbons (Fsp3) is 0.842. The van der Waals surface area contributed by atoms with Crippen molar-refractivity contribution >= 4 is 19.8 Å². The Labute approximate surface area is 288 Å². The van der Waals surface area contributed by atoms with Crippen molar-refractivity contribution in [3.63, 3.8) is 0 Å². The molecule has 0 saturated carbocycles. The van der Waals surface area contributed by atoms with Gasteiger partial charge >= 0.3 is 19.8 Å². The average Bonchev–Trinajstić information content (AvgIpc) is 3.06. The molecule has 0 aromatic rings. The SMILES string of the molecule is CCCC/C=C\CCCCCCCC(=O)OCC(COP(=O)(O)OC)OC(=O)CCCCCCCCC/C=C\CCCCCCCC. The molecule has 8 nitrogen and oxygen atoms in total. The third kappa shape index (κ3) is 34.2. The van der Waals surface area contributed by atoms with Crippen LogP contribution in [0.2, 0.25) is 0 Å². The number of carbonyl (C=O) groups excluding carboxylic acids is 2. The van der Waals surface area contributed by atoms with Crippen molar-refractivity contribution in [1.82, 2.24) is 0 Å². The molecule has 0 aromatic heterocycles. The minimum absolute atomic E-state index is 0.229. The van der Waals surface area contributed by atoms with Gasteiger partial charge in [-0.2, -0.15) is 0 Å². The second-order valence-electron chi connectivity index (χ2n) is 12.7. The fourth-order valence-corrected chi connectivity index (χ4v) is 5.62. The molecule has 47 heavy (non-hydrogen) atoms. The standard InChI is InChI=1S/C38H71O8P/c1-4-6-8-10-12-14-16-17-18-19-20-21-23-25-27-29-31-33-38(40)46-36(35-45-47(41,42)43-3)34-44-37(39)32-30-28-26-24-22-15-13-11-9-7-5-2/h11,13,17-18,36H,4-10,12,14-16,19-35H2,1-3H3,(H,41,42)/b13-11-,18-17-. The molecule has 0 saturated heterocycles. The molecule has 2 atom stereocenters. The van der Waals surface area contributed by atoms with Gasteiger partial charge in [0.1, 0.15) is 6.61 Å². The highest BCUT2D eigenvalue weighted by Crippen LogP contribution is 2.42. The van der Waals surface area contributed by atoms with Gasteiger partial charge in [0.15, 0.2) is 6.10 Å². The molecule has 0 heterocycles. The van der Waals surface area contributed by atoms with Crippen LogP contribution in [0.15, 0.2) is 24.3 Å². The molecule has 2 unspecified atom stereocenters. The van der Waals surface area contributed by atoms with Crippen molar-refractivity contribution in [3.05, 3.63) is 24.3 Å². The number of carbonyl (C=O) groups is 2. The monoisotopic (exact) mass is 686 g/mol. The summed E-state index contributed by atoms with van der Waals surface area (Å²) < 4.78 is 31.8. The molecule has 0 spiro atoms. The van der Waals surface area contributed by atoms with Gasteiger partial charge in [-0.25, -0.2) is 4.57 Å². The van der Waals surface area contributed by atoms with E-state index in [9.17, 15) is 19.0 Å². The van der Waals surface area contributed by atoms with Crippen molar-refractivity contribution in [2.45, 2.75) is 187 Å². The topological polar surface area (TPSA) is 108 Å². The Morgan fingerprint density at radius 2 is 0.979 bits per heavy atom.